The summed E-state index contributed by atoms with van der Waals surface area (Å²) in [6.07, 6.45) is 2.83. The standard InChI is InChI=1S/C18H21N3O/c1-20-8-9-21-17(12-20)16-6-5-15(22-2)11-14(16)10-13-4-3-7-19-18(13)21/h3-7,11,17H,8-10,12H2,1-2H3. The summed E-state index contributed by atoms with van der Waals surface area (Å²) in [7, 11) is 3.93. The second kappa shape index (κ2) is 5.29. The van der Waals surface area contributed by atoms with Crippen LogP contribution in [0.5, 0.6) is 5.75 Å². The molecule has 1 aromatic carbocycles. The number of ether oxygens (including phenoxy) is 1. The van der Waals surface area contributed by atoms with Crippen LogP contribution in [0.4, 0.5) is 5.82 Å². The van der Waals surface area contributed by atoms with Gasteiger partial charge in [-0.05, 0) is 41.9 Å². The number of anilines is 1. The van der Waals surface area contributed by atoms with E-state index >= 15 is 0 Å². The van der Waals surface area contributed by atoms with Gasteiger partial charge >= 0.3 is 0 Å². The molecule has 1 saturated heterocycles. The molecule has 3 heterocycles. The summed E-state index contributed by atoms with van der Waals surface area (Å²) in [5.74, 6) is 2.08. The summed E-state index contributed by atoms with van der Waals surface area (Å²) in [5, 5.41) is 0. The van der Waals surface area contributed by atoms with Crippen molar-refractivity contribution in [2.75, 3.05) is 38.7 Å². The molecule has 0 amide bonds. The van der Waals surface area contributed by atoms with E-state index in [-0.39, 0.29) is 0 Å². The van der Waals surface area contributed by atoms with Gasteiger partial charge in [0.15, 0.2) is 0 Å². The Kier molecular flexibility index (Phi) is 3.26. The van der Waals surface area contributed by atoms with Gasteiger partial charge in [0, 0.05) is 32.3 Å². The van der Waals surface area contributed by atoms with Gasteiger partial charge in [0.05, 0.1) is 13.2 Å². The van der Waals surface area contributed by atoms with Crippen LogP contribution >= 0.6 is 0 Å². The summed E-state index contributed by atoms with van der Waals surface area (Å²) in [6, 6.07) is 11.1. The van der Waals surface area contributed by atoms with Crippen LogP contribution in [0.25, 0.3) is 0 Å². The van der Waals surface area contributed by atoms with Crippen LogP contribution in [0.2, 0.25) is 0 Å². The van der Waals surface area contributed by atoms with E-state index in [1.807, 2.05) is 12.3 Å². The van der Waals surface area contributed by atoms with Crippen LogP contribution in [0.15, 0.2) is 36.5 Å². The van der Waals surface area contributed by atoms with Crippen molar-refractivity contribution in [3.05, 3.63) is 53.2 Å². The summed E-state index contributed by atoms with van der Waals surface area (Å²) in [6.45, 7) is 3.14. The highest BCUT2D eigenvalue weighted by Crippen LogP contribution is 2.38. The maximum absolute atomic E-state index is 5.43. The lowest BCUT2D eigenvalue weighted by atomic mass is 9.96. The minimum absolute atomic E-state index is 0.371. The molecule has 1 fully saturated rings. The van der Waals surface area contributed by atoms with Gasteiger partial charge in [-0.1, -0.05) is 12.1 Å². The van der Waals surface area contributed by atoms with E-state index in [0.717, 1.165) is 37.6 Å². The Morgan fingerprint density at radius 1 is 1.18 bits per heavy atom. The SMILES string of the molecule is COc1ccc2c(c1)Cc1cccnc1N1CCN(C)CC21. The first-order valence-corrected chi connectivity index (χ1v) is 7.82. The minimum atomic E-state index is 0.371. The second-order valence-corrected chi connectivity index (χ2v) is 6.20. The van der Waals surface area contributed by atoms with Crippen LogP contribution in [-0.4, -0.2) is 43.7 Å². The summed E-state index contributed by atoms with van der Waals surface area (Å²) in [4.78, 5) is 9.58. The molecule has 2 aliphatic rings. The Morgan fingerprint density at radius 3 is 2.95 bits per heavy atom. The molecule has 2 aromatic rings. The molecule has 1 atom stereocenters. The van der Waals surface area contributed by atoms with Crippen molar-refractivity contribution in [3.63, 3.8) is 0 Å². The van der Waals surface area contributed by atoms with Gasteiger partial charge in [0.25, 0.3) is 0 Å². The van der Waals surface area contributed by atoms with Gasteiger partial charge in [-0.3, -0.25) is 0 Å². The molecule has 0 aliphatic carbocycles. The molecule has 0 spiro atoms. The number of benzene rings is 1. The van der Waals surface area contributed by atoms with Gasteiger partial charge < -0.3 is 14.5 Å². The molecule has 114 valence electrons. The zero-order chi connectivity index (χ0) is 15.1. The van der Waals surface area contributed by atoms with Gasteiger partial charge in [-0.15, -0.1) is 0 Å². The Hall–Kier alpha value is -2.07. The predicted molar refractivity (Wildman–Crippen MR) is 87.6 cm³/mol. The molecule has 0 radical (unpaired) electrons. The first kappa shape index (κ1) is 13.6. The highest BCUT2D eigenvalue weighted by Gasteiger charge is 2.33. The Labute approximate surface area is 131 Å². The molecule has 4 heteroatoms. The molecule has 0 bridgehead atoms. The quantitative estimate of drug-likeness (QED) is 0.808. The van der Waals surface area contributed by atoms with E-state index in [9.17, 15) is 0 Å². The topological polar surface area (TPSA) is 28.6 Å². The van der Waals surface area contributed by atoms with Gasteiger partial charge in [-0.25, -0.2) is 4.98 Å². The number of methoxy groups -OCH3 is 1. The highest BCUT2D eigenvalue weighted by atomic mass is 16.5. The lowest BCUT2D eigenvalue weighted by Crippen LogP contribution is -2.47. The van der Waals surface area contributed by atoms with Crippen molar-refractivity contribution in [1.82, 2.24) is 9.88 Å². The third-order valence-corrected chi connectivity index (χ3v) is 4.81. The number of hydrogen-bond acceptors (Lipinski definition) is 4. The fraction of sp³-hybridized carbons (Fsp3) is 0.389. The molecule has 4 rings (SSSR count). The Balaban J connectivity index is 1.88. The van der Waals surface area contributed by atoms with Crippen LogP contribution in [0.3, 0.4) is 0 Å². The van der Waals surface area contributed by atoms with E-state index in [4.69, 9.17) is 9.72 Å². The molecule has 1 aromatic heterocycles. The van der Waals surface area contributed by atoms with Crippen molar-refractivity contribution in [2.45, 2.75) is 12.5 Å². The molecular formula is C18H21N3O. The zero-order valence-corrected chi connectivity index (χ0v) is 13.1. The van der Waals surface area contributed by atoms with E-state index in [2.05, 4.69) is 41.1 Å². The van der Waals surface area contributed by atoms with Crippen molar-refractivity contribution in [1.29, 1.82) is 0 Å². The number of nitrogens with zero attached hydrogens (tertiary/aromatic N) is 3. The average molecular weight is 295 g/mol. The largest absolute Gasteiger partial charge is 0.497 e. The van der Waals surface area contributed by atoms with E-state index < -0.39 is 0 Å². The van der Waals surface area contributed by atoms with Gasteiger partial charge in [0.2, 0.25) is 0 Å². The number of rotatable bonds is 1. The summed E-state index contributed by atoms with van der Waals surface area (Å²) in [5.41, 5.74) is 4.07. The minimum Gasteiger partial charge on any atom is -0.497 e. The lowest BCUT2D eigenvalue weighted by molar-refractivity contribution is 0.268. The number of hydrogen-bond donors (Lipinski definition) is 0. The second-order valence-electron chi connectivity index (χ2n) is 6.20. The van der Waals surface area contributed by atoms with E-state index in [1.54, 1.807) is 7.11 Å². The number of likely N-dealkylation sites (N-methyl/N-ethyl adjacent to an activating group) is 1. The maximum atomic E-state index is 5.43. The summed E-state index contributed by atoms with van der Waals surface area (Å²) >= 11 is 0. The van der Waals surface area contributed by atoms with Crippen LogP contribution in [-0.2, 0) is 6.42 Å². The molecule has 0 saturated carbocycles. The third kappa shape index (κ3) is 2.15. The van der Waals surface area contributed by atoms with Gasteiger partial charge in [0.1, 0.15) is 11.6 Å². The van der Waals surface area contributed by atoms with Crippen molar-refractivity contribution < 1.29 is 4.74 Å². The third-order valence-electron chi connectivity index (χ3n) is 4.81. The zero-order valence-electron chi connectivity index (χ0n) is 13.1. The predicted octanol–water partition coefficient (Wildman–Crippen LogP) is 2.49. The van der Waals surface area contributed by atoms with Crippen molar-refractivity contribution in [2.24, 2.45) is 0 Å². The number of aromatic nitrogens is 1. The van der Waals surface area contributed by atoms with Crippen molar-refractivity contribution >= 4 is 5.82 Å². The molecule has 4 nitrogen and oxygen atoms in total. The van der Waals surface area contributed by atoms with E-state index in [0.29, 0.717) is 6.04 Å². The molecule has 1 unspecified atom stereocenters. The first-order chi connectivity index (χ1) is 10.8. The first-order valence-electron chi connectivity index (χ1n) is 7.82. The van der Waals surface area contributed by atoms with Crippen molar-refractivity contribution in [3.8, 4) is 5.75 Å². The smallest absolute Gasteiger partial charge is 0.132 e. The normalized spacial score (nSPS) is 20.6. The summed E-state index contributed by atoms with van der Waals surface area (Å²) < 4.78 is 5.43. The molecular weight excluding hydrogens is 274 g/mol. The Bertz CT molecular complexity index is 700. The maximum Gasteiger partial charge on any atom is 0.132 e. The fourth-order valence-electron chi connectivity index (χ4n) is 3.66. The van der Waals surface area contributed by atoms with Crippen LogP contribution in [0.1, 0.15) is 22.7 Å². The monoisotopic (exact) mass is 295 g/mol. The highest BCUT2D eigenvalue weighted by molar-refractivity contribution is 5.57. The van der Waals surface area contributed by atoms with Gasteiger partial charge in [-0.2, -0.15) is 0 Å². The number of fused-ring (bicyclic) bond motifs is 5. The van der Waals surface area contributed by atoms with Crippen LogP contribution in [0, 0.1) is 0 Å². The number of pyridine rings is 1. The Morgan fingerprint density at radius 2 is 2.09 bits per heavy atom. The van der Waals surface area contributed by atoms with E-state index in [1.165, 1.54) is 16.7 Å². The fourth-order valence-corrected chi connectivity index (χ4v) is 3.66. The average Bonchev–Trinajstić information content (AvgIpc) is 2.68. The van der Waals surface area contributed by atoms with Crippen LogP contribution < -0.4 is 9.64 Å². The molecule has 2 aliphatic heterocycles. The lowest BCUT2D eigenvalue weighted by Gasteiger charge is -2.41. The number of piperazine rings is 1. The molecule has 22 heavy (non-hydrogen) atoms. The molecule has 0 N–H and O–H groups in total.